The third kappa shape index (κ3) is 3.62. The lowest BCUT2D eigenvalue weighted by atomic mass is 10.1. The molecule has 0 amide bonds. The molecule has 25 heavy (non-hydrogen) atoms. The lowest BCUT2D eigenvalue weighted by molar-refractivity contribution is 0.0252. The van der Waals surface area contributed by atoms with Gasteiger partial charge in [0.25, 0.3) is 0 Å². The molecule has 1 fully saturated rings. The van der Waals surface area contributed by atoms with Crippen LogP contribution in [0.4, 0.5) is 0 Å². The van der Waals surface area contributed by atoms with Crippen LogP contribution in [0.5, 0.6) is 0 Å². The maximum Gasteiger partial charge on any atom is 0.157 e. The van der Waals surface area contributed by atoms with Gasteiger partial charge in [-0.05, 0) is 23.6 Å². The van der Waals surface area contributed by atoms with Gasteiger partial charge in [0.15, 0.2) is 6.23 Å². The van der Waals surface area contributed by atoms with Crippen LogP contribution in [0.25, 0.3) is 0 Å². The summed E-state index contributed by atoms with van der Waals surface area (Å²) < 4.78 is 7.81. The van der Waals surface area contributed by atoms with E-state index in [4.69, 9.17) is 4.74 Å². The van der Waals surface area contributed by atoms with Crippen molar-refractivity contribution in [2.24, 2.45) is 0 Å². The van der Waals surface area contributed by atoms with Gasteiger partial charge in [-0.3, -0.25) is 4.90 Å². The number of benzene rings is 2. The van der Waals surface area contributed by atoms with Crippen molar-refractivity contribution in [1.29, 1.82) is 0 Å². The third-order valence-corrected chi connectivity index (χ3v) is 4.62. The highest BCUT2D eigenvalue weighted by molar-refractivity contribution is 5.25. The summed E-state index contributed by atoms with van der Waals surface area (Å²) in [7, 11) is 0. The standard InChI is InChI=1S/C20H22N4O/c1-16-7-5-6-10-18(16)14-24-15-19(21-22-24)20-23(11-12-25-20)13-17-8-3-2-4-9-17/h2-10,15,20H,11-14H2,1H3. The van der Waals surface area contributed by atoms with Gasteiger partial charge in [-0.1, -0.05) is 59.8 Å². The van der Waals surface area contributed by atoms with E-state index in [0.29, 0.717) is 0 Å². The van der Waals surface area contributed by atoms with Gasteiger partial charge < -0.3 is 4.74 Å². The van der Waals surface area contributed by atoms with Crippen molar-refractivity contribution in [1.82, 2.24) is 19.9 Å². The Kier molecular flexibility index (Phi) is 4.59. The Labute approximate surface area is 147 Å². The topological polar surface area (TPSA) is 43.2 Å². The summed E-state index contributed by atoms with van der Waals surface area (Å²) in [4.78, 5) is 2.30. The monoisotopic (exact) mass is 334 g/mol. The molecule has 2 heterocycles. The van der Waals surface area contributed by atoms with Crippen molar-refractivity contribution in [2.45, 2.75) is 26.2 Å². The zero-order chi connectivity index (χ0) is 17.1. The highest BCUT2D eigenvalue weighted by atomic mass is 16.5. The zero-order valence-corrected chi connectivity index (χ0v) is 14.4. The average molecular weight is 334 g/mol. The smallest absolute Gasteiger partial charge is 0.157 e. The molecule has 4 rings (SSSR count). The van der Waals surface area contributed by atoms with Crippen molar-refractivity contribution in [2.75, 3.05) is 13.2 Å². The van der Waals surface area contributed by atoms with E-state index in [1.165, 1.54) is 16.7 Å². The lowest BCUT2D eigenvalue weighted by Crippen LogP contribution is -2.23. The Hall–Kier alpha value is -2.50. The molecule has 1 aliphatic rings. The van der Waals surface area contributed by atoms with Crippen LogP contribution < -0.4 is 0 Å². The van der Waals surface area contributed by atoms with Crippen molar-refractivity contribution in [3.05, 3.63) is 83.2 Å². The summed E-state index contributed by atoms with van der Waals surface area (Å²) >= 11 is 0. The second kappa shape index (κ2) is 7.17. The molecule has 128 valence electrons. The Morgan fingerprint density at radius 2 is 1.84 bits per heavy atom. The third-order valence-electron chi connectivity index (χ3n) is 4.62. The van der Waals surface area contributed by atoms with Gasteiger partial charge in [0, 0.05) is 13.1 Å². The highest BCUT2D eigenvalue weighted by Gasteiger charge is 2.29. The molecule has 1 aromatic heterocycles. The second-order valence-corrected chi connectivity index (χ2v) is 6.45. The molecule has 2 aromatic carbocycles. The van der Waals surface area contributed by atoms with E-state index in [2.05, 4.69) is 70.7 Å². The van der Waals surface area contributed by atoms with Gasteiger partial charge in [0.2, 0.25) is 0 Å². The summed E-state index contributed by atoms with van der Waals surface area (Å²) in [5, 5.41) is 8.66. The first kappa shape index (κ1) is 16.0. The van der Waals surface area contributed by atoms with Crippen molar-refractivity contribution < 1.29 is 4.74 Å². The fourth-order valence-corrected chi connectivity index (χ4v) is 3.22. The highest BCUT2D eigenvalue weighted by Crippen LogP contribution is 2.27. The van der Waals surface area contributed by atoms with E-state index < -0.39 is 0 Å². The number of nitrogens with zero attached hydrogens (tertiary/aromatic N) is 4. The summed E-state index contributed by atoms with van der Waals surface area (Å²) in [5.74, 6) is 0. The molecule has 0 aliphatic carbocycles. The molecule has 1 unspecified atom stereocenters. The van der Waals surface area contributed by atoms with Crippen LogP contribution >= 0.6 is 0 Å². The number of aromatic nitrogens is 3. The van der Waals surface area contributed by atoms with E-state index in [1.54, 1.807) is 0 Å². The number of rotatable bonds is 5. The van der Waals surface area contributed by atoms with Crippen LogP contribution in [0.2, 0.25) is 0 Å². The minimum Gasteiger partial charge on any atom is -0.356 e. The minimum absolute atomic E-state index is 0.120. The second-order valence-electron chi connectivity index (χ2n) is 6.45. The summed E-state index contributed by atoms with van der Waals surface area (Å²) in [6, 6.07) is 18.8. The average Bonchev–Trinajstić information content (AvgIpc) is 3.27. The summed E-state index contributed by atoms with van der Waals surface area (Å²) in [6.07, 6.45) is 1.88. The molecule has 3 aromatic rings. The van der Waals surface area contributed by atoms with Gasteiger partial charge in [-0.25, -0.2) is 4.68 Å². The van der Waals surface area contributed by atoms with Crippen LogP contribution in [0.3, 0.4) is 0 Å². The van der Waals surface area contributed by atoms with Gasteiger partial charge in [0.1, 0.15) is 5.69 Å². The van der Waals surface area contributed by atoms with Crippen molar-refractivity contribution in [3.8, 4) is 0 Å². The van der Waals surface area contributed by atoms with Crippen LogP contribution in [0, 0.1) is 6.92 Å². The Morgan fingerprint density at radius 3 is 2.68 bits per heavy atom. The summed E-state index contributed by atoms with van der Waals surface area (Å²) in [5.41, 5.74) is 4.68. The van der Waals surface area contributed by atoms with Crippen LogP contribution in [-0.2, 0) is 17.8 Å². The Balaban J connectivity index is 1.48. The molecule has 1 aliphatic heterocycles. The number of hydrogen-bond donors (Lipinski definition) is 0. The first-order valence-corrected chi connectivity index (χ1v) is 8.64. The molecule has 0 spiro atoms. The predicted octanol–water partition coefficient (Wildman–Crippen LogP) is 3.17. The molecule has 0 radical (unpaired) electrons. The van der Waals surface area contributed by atoms with Crippen LogP contribution in [0.15, 0.2) is 60.8 Å². The van der Waals surface area contributed by atoms with Crippen LogP contribution in [0.1, 0.15) is 28.6 Å². The van der Waals surface area contributed by atoms with Crippen molar-refractivity contribution >= 4 is 0 Å². The first-order valence-electron chi connectivity index (χ1n) is 8.64. The maximum atomic E-state index is 5.92. The summed E-state index contributed by atoms with van der Waals surface area (Å²) in [6.45, 7) is 5.34. The predicted molar refractivity (Wildman–Crippen MR) is 95.8 cm³/mol. The fourth-order valence-electron chi connectivity index (χ4n) is 3.22. The lowest BCUT2D eigenvalue weighted by Gasteiger charge is -2.20. The SMILES string of the molecule is Cc1ccccc1Cn1cc(C2OCCN2Cc2ccccc2)nn1. The molecule has 1 atom stereocenters. The van der Waals surface area contributed by atoms with E-state index >= 15 is 0 Å². The molecule has 1 saturated heterocycles. The van der Waals surface area contributed by atoms with Gasteiger partial charge in [0.05, 0.1) is 19.3 Å². The molecule has 5 nitrogen and oxygen atoms in total. The van der Waals surface area contributed by atoms with Gasteiger partial charge in [-0.15, -0.1) is 5.10 Å². The first-order chi connectivity index (χ1) is 12.3. The molecule has 0 bridgehead atoms. The van der Waals surface area contributed by atoms with Crippen LogP contribution in [-0.4, -0.2) is 33.0 Å². The Bertz CT molecular complexity index is 830. The maximum absolute atomic E-state index is 5.92. The largest absolute Gasteiger partial charge is 0.356 e. The molecule has 5 heteroatoms. The van der Waals surface area contributed by atoms with Gasteiger partial charge in [-0.2, -0.15) is 0 Å². The quantitative estimate of drug-likeness (QED) is 0.719. The number of aryl methyl sites for hydroxylation is 1. The molecular weight excluding hydrogens is 312 g/mol. The van der Waals surface area contributed by atoms with Crippen molar-refractivity contribution in [3.63, 3.8) is 0 Å². The number of ether oxygens (including phenoxy) is 1. The van der Waals surface area contributed by atoms with E-state index in [9.17, 15) is 0 Å². The normalized spacial score (nSPS) is 17.9. The zero-order valence-electron chi connectivity index (χ0n) is 14.4. The molecular formula is C20H22N4O. The molecule has 0 N–H and O–H groups in total. The number of hydrogen-bond acceptors (Lipinski definition) is 4. The molecule has 0 saturated carbocycles. The van der Waals surface area contributed by atoms with E-state index in [-0.39, 0.29) is 6.23 Å². The Morgan fingerprint density at radius 1 is 1.04 bits per heavy atom. The van der Waals surface area contributed by atoms with E-state index in [0.717, 1.165) is 31.9 Å². The minimum atomic E-state index is -0.120. The van der Waals surface area contributed by atoms with E-state index in [1.807, 2.05) is 16.9 Å². The fraction of sp³-hybridized carbons (Fsp3) is 0.300. The van der Waals surface area contributed by atoms with Gasteiger partial charge >= 0.3 is 0 Å².